The van der Waals surface area contributed by atoms with Crippen molar-refractivity contribution in [1.82, 2.24) is 0 Å². The number of benzene rings is 2. The van der Waals surface area contributed by atoms with Gasteiger partial charge in [-0.2, -0.15) is 0 Å². The number of carbonyl (C=O) groups excluding carboxylic acids is 1. The zero-order valence-corrected chi connectivity index (χ0v) is 14.7. The highest BCUT2D eigenvalue weighted by Crippen LogP contribution is 2.32. The van der Waals surface area contributed by atoms with Gasteiger partial charge in [-0.25, -0.2) is 0 Å². The molecule has 4 heteroatoms. The van der Waals surface area contributed by atoms with Crippen LogP contribution in [-0.2, 0) is 5.41 Å². The van der Waals surface area contributed by atoms with Gasteiger partial charge in [0.15, 0.2) is 17.8 Å². The number of para-hydroxylation sites is 2. The maximum atomic E-state index is 11.1. The van der Waals surface area contributed by atoms with E-state index in [1.807, 2.05) is 18.2 Å². The lowest BCUT2D eigenvalue weighted by atomic mass is 9.86. The Balaban J connectivity index is 2.01. The van der Waals surface area contributed by atoms with E-state index in [9.17, 15) is 4.79 Å². The second-order valence-corrected chi connectivity index (χ2v) is 6.44. The first kappa shape index (κ1) is 17.9. The number of methoxy groups -OCH3 is 1. The largest absolute Gasteiger partial charge is 0.493 e. The normalized spacial score (nSPS) is 11.0. The van der Waals surface area contributed by atoms with E-state index in [0.29, 0.717) is 30.3 Å². The minimum Gasteiger partial charge on any atom is -0.493 e. The molecule has 0 amide bonds. The summed E-state index contributed by atoms with van der Waals surface area (Å²) >= 11 is 0. The van der Waals surface area contributed by atoms with Gasteiger partial charge in [-0.1, -0.05) is 45.0 Å². The summed E-state index contributed by atoms with van der Waals surface area (Å²) in [5, 5.41) is 0. The third-order valence-corrected chi connectivity index (χ3v) is 3.64. The van der Waals surface area contributed by atoms with E-state index in [4.69, 9.17) is 14.2 Å². The lowest BCUT2D eigenvalue weighted by Gasteiger charge is -2.22. The Kier molecular flexibility index (Phi) is 5.85. The van der Waals surface area contributed by atoms with E-state index in [2.05, 4.69) is 26.8 Å². The zero-order valence-electron chi connectivity index (χ0n) is 14.7. The molecule has 128 valence electrons. The van der Waals surface area contributed by atoms with Gasteiger partial charge in [-0.05, 0) is 29.2 Å². The van der Waals surface area contributed by atoms with Crippen LogP contribution in [0.25, 0.3) is 0 Å². The van der Waals surface area contributed by atoms with Gasteiger partial charge in [0.25, 0.3) is 0 Å². The number of hydrogen-bond acceptors (Lipinski definition) is 4. The molecule has 4 nitrogen and oxygen atoms in total. The van der Waals surface area contributed by atoms with Crippen molar-refractivity contribution in [2.24, 2.45) is 0 Å². The Bertz CT molecular complexity index is 686. The monoisotopic (exact) mass is 328 g/mol. The number of hydrogen-bond donors (Lipinski definition) is 0. The van der Waals surface area contributed by atoms with Crippen LogP contribution in [0.2, 0.25) is 0 Å². The summed E-state index contributed by atoms with van der Waals surface area (Å²) in [7, 11) is 1.55. The van der Waals surface area contributed by atoms with Crippen molar-refractivity contribution in [3.63, 3.8) is 0 Å². The van der Waals surface area contributed by atoms with Crippen molar-refractivity contribution in [2.75, 3.05) is 20.3 Å². The van der Waals surface area contributed by atoms with Crippen LogP contribution < -0.4 is 14.2 Å². The molecule has 0 heterocycles. The van der Waals surface area contributed by atoms with Crippen LogP contribution in [0, 0.1) is 0 Å². The third kappa shape index (κ3) is 4.28. The number of rotatable bonds is 7. The quantitative estimate of drug-likeness (QED) is 0.562. The topological polar surface area (TPSA) is 44.8 Å². The highest BCUT2D eigenvalue weighted by atomic mass is 16.5. The average molecular weight is 328 g/mol. The number of carbonyl (C=O) groups is 1. The summed E-state index contributed by atoms with van der Waals surface area (Å²) in [6.07, 6.45) is 0.758. The van der Waals surface area contributed by atoms with E-state index in [1.165, 1.54) is 0 Å². The van der Waals surface area contributed by atoms with Crippen LogP contribution in [-0.4, -0.2) is 26.6 Å². The Morgan fingerprint density at radius 2 is 1.58 bits per heavy atom. The molecule has 0 fully saturated rings. The molecule has 0 saturated heterocycles. The highest BCUT2D eigenvalue weighted by molar-refractivity contribution is 5.81. The molecule has 0 atom stereocenters. The third-order valence-electron chi connectivity index (χ3n) is 3.64. The Morgan fingerprint density at radius 3 is 2.25 bits per heavy atom. The summed E-state index contributed by atoms with van der Waals surface area (Å²) in [6, 6.07) is 13.2. The molecule has 0 N–H and O–H groups in total. The molecular formula is C20H24O4. The van der Waals surface area contributed by atoms with Crippen LogP contribution in [0.4, 0.5) is 0 Å². The van der Waals surface area contributed by atoms with Gasteiger partial charge in [-0.3, -0.25) is 4.79 Å². The first-order chi connectivity index (χ1) is 11.5. The van der Waals surface area contributed by atoms with Gasteiger partial charge in [0, 0.05) is 0 Å². The van der Waals surface area contributed by atoms with Gasteiger partial charge in [-0.15, -0.1) is 0 Å². The molecule has 2 rings (SSSR count). The Hall–Kier alpha value is -2.49. The van der Waals surface area contributed by atoms with Gasteiger partial charge in [0.1, 0.15) is 19.0 Å². The van der Waals surface area contributed by atoms with E-state index in [-0.39, 0.29) is 5.41 Å². The second kappa shape index (κ2) is 7.86. The molecular weight excluding hydrogens is 304 g/mol. The summed E-state index contributed by atoms with van der Waals surface area (Å²) in [4.78, 5) is 11.1. The van der Waals surface area contributed by atoms with Crippen LogP contribution in [0.1, 0.15) is 36.7 Å². The average Bonchev–Trinajstić information content (AvgIpc) is 2.58. The van der Waals surface area contributed by atoms with Gasteiger partial charge in [0.05, 0.1) is 12.7 Å². The second-order valence-electron chi connectivity index (χ2n) is 6.44. The molecule has 2 aromatic carbocycles. The molecule has 24 heavy (non-hydrogen) atoms. The number of ether oxygens (including phenoxy) is 3. The Labute approximate surface area is 143 Å². The maximum Gasteiger partial charge on any atom is 0.171 e. The summed E-state index contributed by atoms with van der Waals surface area (Å²) < 4.78 is 16.8. The fourth-order valence-corrected chi connectivity index (χ4v) is 2.45. The first-order valence-electron chi connectivity index (χ1n) is 7.94. The molecule has 2 aromatic rings. The molecule has 0 aliphatic heterocycles. The smallest absolute Gasteiger partial charge is 0.171 e. The summed E-state index contributed by atoms with van der Waals surface area (Å²) in [5.74, 6) is 1.83. The van der Waals surface area contributed by atoms with Crippen LogP contribution in [0.15, 0.2) is 42.5 Å². The summed E-state index contributed by atoms with van der Waals surface area (Å²) in [6.45, 7) is 7.15. The molecule has 0 unspecified atom stereocenters. The van der Waals surface area contributed by atoms with E-state index >= 15 is 0 Å². The molecule has 0 aromatic heterocycles. The minimum atomic E-state index is 0.00475. The molecule has 0 radical (unpaired) electrons. The Morgan fingerprint density at radius 1 is 0.917 bits per heavy atom. The molecule has 0 aliphatic carbocycles. The SMILES string of the molecule is COc1cccc(C=O)c1OCCOc1ccccc1C(C)(C)C. The molecule has 0 spiro atoms. The van der Waals surface area contributed by atoms with Gasteiger partial charge in [0.2, 0.25) is 0 Å². The van der Waals surface area contributed by atoms with E-state index < -0.39 is 0 Å². The zero-order chi connectivity index (χ0) is 17.6. The lowest BCUT2D eigenvalue weighted by molar-refractivity contribution is 0.111. The van der Waals surface area contributed by atoms with Crippen molar-refractivity contribution >= 4 is 6.29 Å². The lowest BCUT2D eigenvalue weighted by Crippen LogP contribution is -2.16. The number of aldehydes is 1. The standard InChI is InChI=1S/C20H24O4/c1-20(2,3)16-9-5-6-10-17(16)23-12-13-24-19-15(14-21)8-7-11-18(19)22-4/h5-11,14H,12-13H2,1-4H3. The summed E-state index contributed by atoms with van der Waals surface area (Å²) in [5.41, 5.74) is 1.62. The van der Waals surface area contributed by atoms with Crippen LogP contribution in [0.5, 0.6) is 17.2 Å². The fraction of sp³-hybridized carbons (Fsp3) is 0.350. The van der Waals surface area contributed by atoms with E-state index in [0.717, 1.165) is 17.6 Å². The predicted molar refractivity (Wildman–Crippen MR) is 94.5 cm³/mol. The first-order valence-corrected chi connectivity index (χ1v) is 7.94. The maximum absolute atomic E-state index is 11.1. The van der Waals surface area contributed by atoms with Crippen molar-refractivity contribution in [3.8, 4) is 17.2 Å². The molecule has 0 aliphatic rings. The van der Waals surface area contributed by atoms with Gasteiger partial charge >= 0.3 is 0 Å². The van der Waals surface area contributed by atoms with Crippen molar-refractivity contribution < 1.29 is 19.0 Å². The highest BCUT2D eigenvalue weighted by Gasteiger charge is 2.18. The molecule has 0 bridgehead atoms. The van der Waals surface area contributed by atoms with E-state index in [1.54, 1.807) is 25.3 Å². The van der Waals surface area contributed by atoms with Crippen molar-refractivity contribution in [1.29, 1.82) is 0 Å². The van der Waals surface area contributed by atoms with Crippen molar-refractivity contribution in [2.45, 2.75) is 26.2 Å². The van der Waals surface area contributed by atoms with Crippen LogP contribution in [0.3, 0.4) is 0 Å². The van der Waals surface area contributed by atoms with Gasteiger partial charge < -0.3 is 14.2 Å². The molecule has 0 saturated carbocycles. The fourth-order valence-electron chi connectivity index (χ4n) is 2.45. The predicted octanol–water partition coefficient (Wildman–Crippen LogP) is 4.26. The van der Waals surface area contributed by atoms with Crippen LogP contribution >= 0.6 is 0 Å². The minimum absolute atomic E-state index is 0.00475. The van der Waals surface area contributed by atoms with Crippen molar-refractivity contribution in [3.05, 3.63) is 53.6 Å².